The van der Waals surface area contributed by atoms with E-state index >= 15 is 0 Å². The minimum absolute atomic E-state index is 0.706. The van der Waals surface area contributed by atoms with E-state index in [0.717, 1.165) is 6.54 Å². The van der Waals surface area contributed by atoms with Crippen molar-refractivity contribution in [2.75, 3.05) is 26.7 Å². The highest BCUT2D eigenvalue weighted by molar-refractivity contribution is 4.77. The Morgan fingerprint density at radius 2 is 2.24 bits per heavy atom. The summed E-state index contributed by atoms with van der Waals surface area (Å²) in [4.78, 5) is 6.65. The molecular weight excluding hydrogens is 212 g/mol. The summed E-state index contributed by atoms with van der Waals surface area (Å²) >= 11 is 0. The Hall–Kier alpha value is -0.870. The van der Waals surface area contributed by atoms with Gasteiger partial charge in [-0.25, -0.2) is 4.98 Å². The third-order valence-corrected chi connectivity index (χ3v) is 3.61. The molecule has 1 saturated heterocycles. The van der Waals surface area contributed by atoms with Crippen LogP contribution in [0.25, 0.3) is 0 Å². The van der Waals surface area contributed by atoms with E-state index in [-0.39, 0.29) is 0 Å². The van der Waals surface area contributed by atoms with E-state index in [9.17, 15) is 0 Å². The summed E-state index contributed by atoms with van der Waals surface area (Å²) in [7, 11) is 2.08. The molecule has 1 atom stereocenters. The van der Waals surface area contributed by atoms with Crippen molar-refractivity contribution < 1.29 is 0 Å². The van der Waals surface area contributed by atoms with E-state index in [0.29, 0.717) is 6.04 Å². The van der Waals surface area contributed by atoms with Crippen LogP contribution >= 0.6 is 0 Å². The average Bonchev–Trinajstić information content (AvgIpc) is 2.88. The van der Waals surface area contributed by atoms with Crippen molar-refractivity contribution in [3.8, 4) is 0 Å². The minimum atomic E-state index is 0.706. The highest BCUT2D eigenvalue weighted by atomic mass is 15.2. The average molecular weight is 236 g/mol. The van der Waals surface area contributed by atoms with Crippen molar-refractivity contribution in [2.45, 2.75) is 38.3 Å². The number of nitrogens with one attached hydrogen (secondary N) is 1. The number of hydrogen-bond acceptors (Lipinski definition) is 3. The molecule has 1 aromatic rings. The van der Waals surface area contributed by atoms with Crippen LogP contribution in [0, 0.1) is 0 Å². The van der Waals surface area contributed by atoms with Crippen molar-refractivity contribution in [3.05, 3.63) is 18.7 Å². The number of unbranched alkanes of at least 4 members (excludes halogenated alkanes) is 1. The van der Waals surface area contributed by atoms with Crippen LogP contribution in [0.5, 0.6) is 0 Å². The molecule has 1 N–H and O–H groups in total. The molecule has 1 aliphatic heterocycles. The maximum Gasteiger partial charge on any atom is 0.0945 e. The van der Waals surface area contributed by atoms with Crippen molar-refractivity contribution in [2.24, 2.45) is 0 Å². The smallest absolute Gasteiger partial charge is 0.0945 e. The molecule has 0 aromatic carbocycles. The first-order valence-corrected chi connectivity index (χ1v) is 6.74. The van der Waals surface area contributed by atoms with E-state index in [2.05, 4.69) is 26.8 Å². The summed E-state index contributed by atoms with van der Waals surface area (Å²) in [6, 6.07) is 0.706. The highest BCUT2D eigenvalue weighted by Gasteiger charge is 2.17. The second kappa shape index (κ2) is 6.77. The molecule has 0 saturated carbocycles. The zero-order valence-corrected chi connectivity index (χ0v) is 10.8. The van der Waals surface area contributed by atoms with Crippen LogP contribution < -0.4 is 5.32 Å². The Bertz CT molecular complexity index is 296. The predicted molar refractivity (Wildman–Crippen MR) is 70.0 cm³/mol. The first-order valence-electron chi connectivity index (χ1n) is 6.74. The SMILES string of the molecule is CNC1CCCN(CCCCn2ccnc2)C1. The van der Waals surface area contributed by atoms with Gasteiger partial charge in [-0.3, -0.25) is 0 Å². The van der Waals surface area contributed by atoms with Crippen molar-refractivity contribution in [1.29, 1.82) is 0 Å². The van der Waals surface area contributed by atoms with Crippen LogP contribution in [0.4, 0.5) is 0 Å². The second-order valence-electron chi connectivity index (χ2n) is 4.94. The predicted octanol–water partition coefficient (Wildman–Crippen LogP) is 1.35. The molecule has 4 nitrogen and oxygen atoms in total. The van der Waals surface area contributed by atoms with Gasteiger partial charge in [0.25, 0.3) is 0 Å². The second-order valence-corrected chi connectivity index (χ2v) is 4.94. The Labute approximate surface area is 104 Å². The van der Waals surface area contributed by atoms with Gasteiger partial charge in [0.15, 0.2) is 0 Å². The van der Waals surface area contributed by atoms with Gasteiger partial charge >= 0.3 is 0 Å². The van der Waals surface area contributed by atoms with Gasteiger partial charge in [0.2, 0.25) is 0 Å². The van der Waals surface area contributed by atoms with Crippen LogP contribution in [0.1, 0.15) is 25.7 Å². The Balaban J connectivity index is 1.58. The van der Waals surface area contributed by atoms with Crippen molar-refractivity contribution in [1.82, 2.24) is 19.8 Å². The summed E-state index contributed by atoms with van der Waals surface area (Å²) in [6.07, 6.45) is 11.0. The monoisotopic (exact) mass is 236 g/mol. The molecule has 0 spiro atoms. The minimum Gasteiger partial charge on any atom is -0.337 e. The van der Waals surface area contributed by atoms with Gasteiger partial charge in [-0.05, 0) is 45.8 Å². The van der Waals surface area contributed by atoms with Gasteiger partial charge in [-0.2, -0.15) is 0 Å². The van der Waals surface area contributed by atoms with E-state index in [1.54, 1.807) is 0 Å². The first kappa shape index (κ1) is 12.6. The number of piperidine rings is 1. The molecule has 17 heavy (non-hydrogen) atoms. The van der Waals surface area contributed by atoms with E-state index in [1.807, 2.05) is 18.7 Å². The highest BCUT2D eigenvalue weighted by Crippen LogP contribution is 2.10. The van der Waals surface area contributed by atoms with Crippen LogP contribution in [0.3, 0.4) is 0 Å². The van der Waals surface area contributed by atoms with E-state index in [4.69, 9.17) is 0 Å². The first-order chi connectivity index (χ1) is 8.38. The lowest BCUT2D eigenvalue weighted by molar-refractivity contribution is 0.191. The molecule has 1 fully saturated rings. The fourth-order valence-electron chi connectivity index (χ4n) is 2.54. The summed E-state index contributed by atoms with van der Waals surface area (Å²) in [5.41, 5.74) is 0. The zero-order chi connectivity index (χ0) is 11.9. The number of likely N-dealkylation sites (N-methyl/N-ethyl adjacent to an activating group) is 1. The van der Waals surface area contributed by atoms with Gasteiger partial charge in [0.05, 0.1) is 6.33 Å². The molecule has 0 radical (unpaired) electrons. The molecule has 0 bridgehead atoms. The molecule has 2 heterocycles. The third-order valence-electron chi connectivity index (χ3n) is 3.61. The fourth-order valence-corrected chi connectivity index (χ4v) is 2.54. The van der Waals surface area contributed by atoms with Crippen LogP contribution in [0.15, 0.2) is 18.7 Å². The van der Waals surface area contributed by atoms with E-state index in [1.165, 1.54) is 45.3 Å². The van der Waals surface area contributed by atoms with Crippen LogP contribution in [-0.2, 0) is 6.54 Å². The van der Waals surface area contributed by atoms with Gasteiger partial charge in [-0.15, -0.1) is 0 Å². The quantitative estimate of drug-likeness (QED) is 0.757. The summed E-state index contributed by atoms with van der Waals surface area (Å²) in [5.74, 6) is 0. The van der Waals surface area contributed by atoms with E-state index < -0.39 is 0 Å². The number of hydrogen-bond donors (Lipinski definition) is 1. The maximum absolute atomic E-state index is 4.06. The Morgan fingerprint density at radius 1 is 1.35 bits per heavy atom. The topological polar surface area (TPSA) is 33.1 Å². The van der Waals surface area contributed by atoms with Crippen molar-refractivity contribution >= 4 is 0 Å². The molecule has 4 heteroatoms. The van der Waals surface area contributed by atoms with Crippen LogP contribution in [-0.4, -0.2) is 47.2 Å². The molecule has 2 rings (SSSR count). The number of aryl methyl sites for hydroxylation is 1. The molecule has 1 unspecified atom stereocenters. The fraction of sp³-hybridized carbons (Fsp3) is 0.769. The molecule has 0 aliphatic carbocycles. The van der Waals surface area contributed by atoms with Crippen molar-refractivity contribution in [3.63, 3.8) is 0 Å². The number of rotatable bonds is 6. The molecule has 0 amide bonds. The zero-order valence-electron chi connectivity index (χ0n) is 10.8. The normalized spacial score (nSPS) is 21.8. The van der Waals surface area contributed by atoms with Crippen LogP contribution in [0.2, 0.25) is 0 Å². The lowest BCUT2D eigenvalue weighted by atomic mass is 10.1. The largest absolute Gasteiger partial charge is 0.337 e. The molecule has 1 aromatic heterocycles. The summed E-state index contributed by atoms with van der Waals surface area (Å²) < 4.78 is 2.16. The Kier molecular flexibility index (Phi) is 5.01. The number of aromatic nitrogens is 2. The maximum atomic E-state index is 4.06. The summed E-state index contributed by atoms with van der Waals surface area (Å²) in [6.45, 7) is 4.85. The van der Waals surface area contributed by atoms with Gasteiger partial charge in [0, 0.05) is 31.5 Å². The molecule has 1 aliphatic rings. The lowest BCUT2D eigenvalue weighted by Gasteiger charge is -2.32. The Morgan fingerprint density at radius 3 is 3.00 bits per heavy atom. The lowest BCUT2D eigenvalue weighted by Crippen LogP contribution is -2.44. The number of likely N-dealkylation sites (tertiary alicyclic amines) is 1. The third kappa shape index (κ3) is 4.13. The number of imidazole rings is 1. The number of nitrogens with zero attached hydrogens (tertiary/aromatic N) is 3. The van der Waals surface area contributed by atoms with Gasteiger partial charge in [0.1, 0.15) is 0 Å². The van der Waals surface area contributed by atoms with Gasteiger partial charge < -0.3 is 14.8 Å². The molecular formula is C13H24N4. The molecule has 96 valence electrons. The summed E-state index contributed by atoms with van der Waals surface area (Å²) in [5, 5.41) is 3.39. The van der Waals surface area contributed by atoms with Gasteiger partial charge in [-0.1, -0.05) is 0 Å². The standard InChI is InChI=1S/C13H24N4/c1-14-13-5-4-9-16(11-13)7-2-3-8-17-10-6-15-12-17/h6,10,12-14H,2-5,7-9,11H2,1H3.